The lowest BCUT2D eigenvalue weighted by Crippen LogP contribution is -2.27. The molecule has 2 rings (SSSR count). The highest BCUT2D eigenvalue weighted by atomic mass is 32.1. The third kappa shape index (κ3) is 2.37. The van der Waals surface area contributed by atoms with E-state index in [2.05, 4.69) is 24.1 Å². The van der Waals surface area contributed by atoms with E-state index in [0.717, 1.165) is 18.0 Å². The lowest BCUT2D eigenvalue weighted by molar-refractivity contribution is -0.122. The van der Waals surface area contributed by atoms with Crippen LogP contribution in [0.4, 0.5) is 5.13 Å². The van der Waals surface area contributed by atoms with Crippen molar-refractivity contribution < 1.29 is 4.79 Å². The number of hydrogen-bond donors (Lipinski definition) is 1. The van der Waals surface area contributed by atoms with Gasteiger partial charge < -0.3 is 5.32 Å². The van der Waals surface area contributed by atoms with Gasteiger partial charge in [-0.1, -0.05) is 20.3 Å². The van der Waals surface area contributed by atoms with E-state index in [1.807, 2.05) is 6.20 Å². The average molecular weight is 224 g/mol. The van der Waals surface area contributed by atoms with E-state index in [9.17, 15) is 4.79 Å². The van der Waals surface area contributed by atoms with Crippen LogP contribution in [0, 0.1) is 5.92 Å². The van der Waals surface area contributed by atoms with Crippen LogP contribution in [-0.4, -0.2) is 10.9 Å². The molecule has 1 amide bonds. The standard InChI is InChI=1S/C11H16N2OS/c1-7(2)9-6-12-11(15-9)13-10(14)8-4-3-5-8/h6-8H,3-5H2,1-2H3,(H,12,13,14). The topological polar surface area (TPSA) is 42.0 Å². The van der Waals surface area contributed by atoms with Gasteiger partial charge in [0.15, 0.2) is 5.13 Å². The molecular formula is C11H16N2OS. The molecule has 1 aliphatic rings. The fourth-order valence-corrected chi connectivity index (χ4v) is 2.31. The van der Waals surface area contributed by atoms with Crippen LogP contribution >= 0.6 is 11.3 Å². The molecule has 0 aromatic carbocycles. The van der Waals surface area contributed by atoms with Crippen molar-refractivity contribution in [2.24, 2.45) is 5.92 Å². The number of hydrogen-bond acceptors (Lipinski definition) is 3. The van der Waals surface area contributed by atoms with Crippen LogP contribution in [0.3, 0.4) is 0 Å². The zero-order chi connectivity index (χ0) is 10.8. The Bertz CT molecular complexity index is 355. The van der Waals surface area contributed by atoms with Crippen molar-refractivity contribution in [3.05, 3.63) is 11.1 Å². The Morgan fingerprint density at radius 2 is 2.33 bits per heavy atom. The molecule has 1 N–H and O–H groups in total. The number of carbonyl (C=O) groups is 1. The first-order valence-corrected chi connectivity index (χ1v) is 6.25. The second kappa shape index (κ2) is 4.31. The van der Waals surface area contributed by atoms with Crippen molar-refractivity contribution in [3.8, 4) is 0 Å². The molecule has 0 aliphatic heterocycles. The van der Waals surface area contributed by atoms with Crippen LogP contribution in [0.2, 0.25) is 0 Å². The minimum absolute atomic E-state index is 0.144. The van der Waals surface area contributed by atoms with Crippen molar-refractivity contribution in [2.75, 3.05) is 5.32 Å². The van der Waals surface area contributed by atoms with Gasteiger partial charge in [0.05, 0.1) is 0 Å². The molecule has 15 heavy (non-hydrogen) atoms. The number of nitrogens with zero attached hydrogens (tertiary/aromatic N) is 1. The Labute approximate surface area is 93.9 Å². The van der Waals surface area contributed by atoms with E-state index in [1.165, 1.54) is 11.3 Å². The molecule has 1 fully saturated rings. The molecular weight excluding hydrogens is 208 g/mol. The molecule has 3 nitrogen and oxygen atoms in total. The molecule has 0 unspecified atom stereocenters. The maximum absolute atomic E-state index is 11.6. The molecule has 1 aliphatic carbocycles. The van der Waals surface area contributed by atoms with Gasteiger partial charge in [-0.05, 0) is 18.8 Å². The highest BCUT2D eigenvalue weighted by molar-refractivity contribution is 7.15. The largest absolute Gasteiger partial charge is 0.302 e. The van der Waals surface area contributed by atoms with Crippen molar-refractivity contribution in [2.45, 2.75) is 39.0 Å². The van der Waals surface area contributed by atoms with Gasteiger partial charge in [-0.15, -0.1) is 11.3 Å². The molecule has 82 valence electrons. The molecule has 1 aromatic rings. The first-order chi connectivity index (χ1) is 7.16. The quantitative estimate of drug-likeness (QED) is 0.857. The number of carbonyl (C=O) groups excluding carboxylic acids is 1. The van der Waals surface area contributed by atoms with Crippen LogP contribution < -0.4 is 5.32 Å². The summed E-state index contributed by atoms with van der Waals surface area (Å²) in [5.41, 5.74) is 0. The molecule has 0 spiro atoms. The third-order valence-electron chi connectivity index (χ3n) is 2.80. The zero-order valence-electron chi connectivity index (χ0n) is 9.12. The number of nitrogens with one attached hydrogen (secondary N) is 1. The highest BCUT2D eigenvalue weighted by Gasteiger charge is 2.25. The summed E-state index contributed by atoms with van der Waals surface area (Å²) in [5, 5.41) is 3.63. The van der Waals surface area contributed by atoms with Gasteiger partial charge in [0.25, 0.3) is 0 Å². The summed E-state index contributed by atoms with van der Waals surface area (Å²) in [6.45, 7) is 4.26. The minimum Gasteiger partial charge on any atom is -0.302 e. The molecule has 1 heterocycles. The molecule has 1 aromatic heterocycles. The molecule has 0 saturated heterocycles. The van der Waals surface area contributed by atoms with Gasteiger partial charge in [0, 0.05) is 17.0 Å². The smallest absolute Gasteiger partial charge is 0.229 e. The second-order valence-electron chi connectivity index (χ2n) is 4.34. The monoisotopic (exact) mass is 224 g/mol. The predicted octanol–water partition coefficient (Wildman–Crippen LogP) is 3.01. The SMILES string of the molecule is CC(C)c1cnc(NC(=O)C2CCC2)s1. The Hall–Kier alpha value is -0.900. The minimum atomic E-state index is 0.144. The van der Waals surface area contributed by atoms with E-state index in [1.54, 1.807) is 11.3 Å². The van der Waals surface area contributed by atoms with Gasteiger partial charge in [0.2, 0.25) is 5.91 Å². The Balaban J connectivity index is 1.95. The Morgan fingerprint density at radius 3 is 2.80 bits per heavy atom. The molecule has 1 saturated carbocycles. The fraction of sp³-hybridized carbons (Fsp3) is 0.636. The summed E-state index contributed by atoms with van der Waals surface area (Å²) in [4.78, 5) is 17.1. The second-order valence-corrected chi connectivity index (χ2v) is 5.40. The average Bonchev–Trinajstić information content (AvgIpc) is 2.48. The van der Waals surface area contributed by atoms with Crippen molar-refractivity contribution in [1.29, 1.82) is 0 Å². The zero-order valence-corrected chi connectivity index (χ0v) is 9.93. The fourth-order valence-electron chi connectivity index (χ4n) is 1.49. The lowest BCUT2D eigenvalue weighted by atomic mass is 9.85. The summed E-state index contributed by atoms with van der Waals surface area (Å²) in [6, 6.07) is 0. The van der Waals surface area contributed by atoms with E-state index in [0.29, 0.717) is 5.92 Å². The summed E-state index contributed by atoms with van der Waals surface area (Å²) in [5.74, 6) is 0.860. The van der Waals surface area contributed by atoms with Crippen molar-refractivity contribution in [1.82, 2.24) is 4.98 Å². The van der Waals surface area contributed by atoms with E-state index < -0.39 is 0 Å². The van der Waals surface area contributed by atoms with Crippen LogP contribution in [0.25, 0.3) is 0 Å². The highest BCUT2D eigenvalue weighted by Crippen LogP contribution is 2.29. The first-order valence-electron chi connectivity index (χ1n) is 5.43. The Morgan fingerprint density at radius 1 is 1.60 bits per heavy atom. The van der Waals surface area contributed by atoms with Crippen LogP contribution in [0.15, 0.2) is 6.20 Å². The summed E-state index contributed by atoms with van der Waals surface area (Å²) in [7, 11) is 0. The number of aromatic nitrogens is 1. The summed E-state index contributed by atoms with van der Waals surface area (Å²) >= 11 is 1.58. The van der Waals surface area contributed by atoms with E-state index in [-0.39, 0.29) is 11.8 Å². The van der Waals surface area contributed by atoms with Crippen LogP contribution in [-0.2, 0) is 4.79 Å². The van der Waals surface area contributed by atoms with Gasteiger partial charge in [-0.2, -0.15) is 0 Å². The molecule has 0 radical (unpaired) electrons. The maximum Gasteiger partial charge on any atom is 0.229 e. The Kier molecular flexibility index (Phi) is 3.05. The summed E-state index contributed by atoms with van der Waals surface area (Å²) in [6.07, 6.45) is 5.11. The lowest BCUT2D eigenvalue weighted by Gasteiger charge is -2.23. The van der Waals surface area contributed by atoms with Crippen LogP contribution in [0.5, 0.6) is 0 Å². The third-order valence-corrected chi connectivity index (χ3v) is 4.01. The summed E-state index contributed by atoms with van der Waals surface area (Å²) < 4.78 is 0. The number of amides is 1. The van der Waals surface area contributed by atoms with E-state index >= 15 is 0 Å². The maximum atomic E-state index is 11.6. The van der Waals surface area contributed by atoms with Crippen molar-refractivity contribution >= 4 is 22.4 Å². The first kappa shape index (κ1) is 10.6. The molecule has 0 bridgehead atoms. The van der Waals surface area contributed by atoms with Gasteiger partial charge >= 0.3 is 0 Å². The van der Waals surface area contributed by atoms with Crippen molar-refractivity contribution in [3.63, 3.8) is 0 Å². The number of rotatable bonds is 3. The normalized spacial score (nSPS) is 16.5. The van der Waals surface area contributed by atoms with Crippen LogP contribution in [0.1, 0.15) is 43.9 Å². The number of anilines is 1. The van der Waals surface area contributed by atoms with E-state index in [4.69, 9.17) is 0 Å². The predicted molar refractivity (Wildman–Crippen MR) is 62.2 cm³/mol. The van der Waals surface area contributed by atoms with Gasteiger partial charge in [-0.25, -0.2) is 4.98 Å². The molecule has 4 heteroatoms. The molecule has 0 atom stereocenters. The van der Waals surface area contributed by atoms with Gasteiger partial charge in [-0.3, -0.25) is 4.79 Å². The number of thiazole rings is 1. The van der Waals surface area contributed by atoms with Gasteiger partial charge in [0.1, 0.15) is 0 Å².